The van der Waals surface area contributed by atoms with Gasteiger partial charge in [-0.2, -0.15) is 4.31 Å². The topological polar surface area (TPSA) is 104 Å². The Morgan fingerprint density at radius 3 is 2.54 bits per heavy atom. The molecule has 2 aliphatic rings. The van der Waals surface area contributed by atoms with E-state index in [1.807, 2.05) is 0 Å². The number of aromatic nitrogens is 1. The Balaban J connectivity index is 1.53. The van der Waals surface area contributed by atoms with Gasteiger partial charge in [0, 0.05) is 38.2 Å². The van der Waals surface area contributed by atoms with Crippen LogP contribution in [0.2, 0.25) is 0 Å². The van der Waals surface area contributed by atoms with Crippen molar-refractivity contribution < 1.29 is 17.6 Å². The van der Waals surface area contributed by atoms with Crippen LogP contribution in [0.15, 0.2) is 32.3 Å². The molecular weight excluding hydrogens is 334 g/mol. The van der Waals surface area contributed by atoms with Gasteiger partial charge < -0.3 is 9.32 Å². The van der Waals surface area contributed by atoms with Gasteiger partial charge in [0.2, 0.25) is 15.9 Å². The van der Waals surface area contributed by atoms with Crippen LogP contribution in [0.3, 0.4) is 0 Å². The lowest BCUT2D eigenvalue weighted by atomic mass is 10.3. The maximum Gasteiger partial charge on any atom is 0.417 e. The first-order chi connectivity index (χ1) is 11.4. The minimum Gasteiger partial charge on any atom is -0.408 e. The van der Waals surface area contributed by atoms with E-state index in [2.05, 4.69) is 4.98 Å². The predicted octanol–water partition coefficient (Wildman–Crippen LogP) is 0.364. The van der Waals surface area contributed by atoms with E-state index in [9.17, 15) is 18.0 Å². The summed E-state index contributed by atoms with van der Waals surface area (Å²) < 4.78 is 31.8. The molecule has 0 spiro atoms. The standard InChI is InChI=1S/C15H17N3O5S/c19-14(10-1-2-10)17-5-7-18(8-6-17)24(21,22)11-3-4-12-13(9-11)23-15(20)16-12/h3-4,9-10H,1-2,5-8H2,(H,16,20). The Labute approximate surface area is 138 Å². The van der Waals surface area contributed by atoms with E-state index >= 15 is 0 Å². The zero-order chi connectivity index (χ0) is 16.9. The fourth-order valence-corrected chi connectivity index (χ4v) is 4.41. The van der Waals surface area contributed by atoms with Gasteiger partial charge in [-0.25, -0.2) is 13.2 Å². The van der Waals surface area contributed by atoms with Crippen LogP contribution in [0, 0.1) is 5.92 Å². The SMILES string of the molecule is O=C(C1CC1)N1CCN(S(=O)(=O)c2ccc3[nH]c(=O)oc3c2)CC1. The minimum absolute atomic E-state index is 0.0831. The molecule has 2 fully saturated rings. The van der Waals surface area contributed by atoms with E-state index < -0.39 is 15.8 Å². The van der Waals surface area contributed by atoms with Crippen molar-refractivity contribution >= 4 is 27.0 Å². The second kappa shape index (κ2) is 5.45. The minimum atomic E-state index is -3.68. The summed E-state index contributed by atoms with van der Waals surface area (Å²) in [6.07, 6.45) is 1.89. The van der Waals surface area contributed by atoms with Crippen molar-refractivity contribution in [2.75, 3.05) is 26.2 Å². The second-order valence-corrected chi connectivity index (χ2v) is 8.11. The molecule has 1 aliphatic carbocycles. The quantitative estimate of drug-likeness (QED) is 0.860. The predicted molar refractivity (Wildman–Crippen MR) is 84.9 cm³/mol. The molecule has 1 aromatic heterocycles. The van der Waals surface area contributed by atoms with Crippen LogP contribution in [0.1, 0.15) is 12.8 Å². The highest BCUT2D eigenvalue weighted by Crippen LogP contribution is 2.31. The molecule has 1 aliphatic heterocycles. The first-order valence-corrected chi connectivity index (χ1v) is 9.31. The Morgan fingerprint density at radius 2 is 1.88 bits per heavy atom. The Bertz CT molecular complexity index is 949. The molecule has 128 valence electrons. The lowest BCUT2D eigenvalue weighted by Crippen LogP contribution is -2.50. The molecular formula is C15H17N3O5S. The number of H-pyrrole nitrogens is 1. The molecule has 1 N–H and O–H groups in total. The normalized spacial score (nSPS) is 19.8. The Kier molecular flexibility index (Phi) is 3.50. The molecule has 0 bridgehead atoms. The number of nitrogens with zero attached hydrogens (tertiary/aromatic N) is 2. The highest BCUT2D eigenvalue weighted by atomic mass is 32.2. The molecule has 2 aromatic rings. The maximum atomic E-state index is 12.8. The van der Waals surface area contributed by atoms with Gasteiger partial charge in [-0.05, 0) is 25.0 Å². The summed E-state index contributed by atoms with van der Waals surface area (Å²) in [5, 5.41) is 0. The lowest BCUT2D eigenvalue weighted by molar-refractivity contribution is -0.133. The summed E-state index contributed by atoms with van der Waals surface area (Å²) in [6, 6.07) is 4.31. The number of carbonyl (C=O) groups is 1. The van der Waals surface area contributed by atoms with Gasteiger partial charge in [-0.3, -0.25) is 9.78 Å². The molecule has 4 rings (SSSR count). The molecule has 1 saturated carbocycles. The average molecular weight is 351 g/mol. The lowest BCUT2D eigenvalue weighted by Gasteiger charge is -2.34. The van der Waals surface area contributed by atoms with Crippen LogP contribution >= 0.6 is 0 Å². The molecule has 1 saturated heterocycles. The van der Waals surface area contributed by atoms with Crippen LogP contribution in [0.5, 0.6) is 0 Å². The molecule has 8 nitrogen and oxygen atoms in total. The number of carbonyl (C=O) groups excluding carboxylic acids is 1. The summed E-state index contributed by atoms with van der Waals surface area (Å²) in [4.78, 5) is 27.5. The molecule has 0 atom stereocenters. The molecule has 0 radical (unpaired) electrons. The van der Waals surface area contributed by atoms with Crippen molar-refractivity contribution in [1.29, 1.82) is 0 Å². The van der Waals surface area contributed by atoms with E-state index in [0.717, 1.165) is 12.8 Å². The third-order valence-electron chi connectivity index (χ3n) is 4.51. The van der Waals surface area contributed by atoms with Crippen molar-refractivity contribution in [3.63, 3.8) is 0 Å². The summed E-state index contributed by atoms with van der Waals surface area (Å²) >= 11 is 0. The zero-order valence-electron chi connectivity index (χ0n) is 12.9. The van der Waals surface area contributed by atoms with E-state index in [0.29, 0.717) is 18.6 Å². The number of piperazine rings is 1. The third kappa shape index (κ3) is 2.63. The van der Waals surface area contributed by atoms with Crippen LogP contribution in [-0.2, 0) is 14.8 Å². The number of nitrogens with one attached hydrogen (secondary N) is 1. The highest BCUT2D eigenvalue weighted by Gasteiger charge is 2.36. The average Bonchev–Trinajstić information content (AvgIpc) is 3.35. The van der Waals surface area contributed by atoms with Gasteiger partial charge in [-0.15, -0.1) is 0 Å². The van der Waals surface area contributed by atoms with Crippen molar-refractivity contribution in [2.45, 2.75) is 17.7 Å². The zero-order valence-corrected chi connectivity index (χ0v) is 13.7. The smallest absolute Gasteiger partial charge is 0.408 e. The van der Waals surface area contributed by atoms with Gasteiger partial charge in [0.15, 0.2) is 5.58 Å². The first kappa shape index (κ1) is 15.4. The van der Waals surface area contributed by atoms with Gasteiger partial charge in [-0.1, -0.05) is 0 Å². The van der Waals surface area contributed by atoms with E-state index in [-0.39, 0.29) is 35.4 Å². The van der Waals surface area contributed by atoms with Crippen molar-refractivity contribution in [3.05, 3.63) is 28.7 Å². The van der Waals surface area contributed by atoms with Crippen molar-refractivity contribution in [3.8, 4) is 0 Å². The first-order valence-electron chi connectivity index (χ1n) is 7.87. The van der Waals surface area contributed by atoms with Crippen molar-refractivity contribution in [2.24, 2.45) is 5.92 Å². The fourth-order valence-electron chi connectivity index (χ4n) is 2.97. The second-order valence-electron chi connectivity index (χ2n) is 6.18. The summed E-state index contributed by atoms with van der Waals surface area (Å²) in [6.45, 7) is 1.37. The van der Waals surface area contributed by atoms with Gasteiger partial charge in [0.05, 0.1) is 10.4 Å². The number of hydrogen-bond acceptors (Lipinski definition) is 5. The molecule has 1 amide bonds. The van der Waals surface area contributed by atoms with Gasteiger partial charge >= 0.3 is 5.76 Å². The van der Waals surface area contributed by atoms with Crippen LogP contribution < -0.4 is 5.76 Å². The van der Waals surface area contributed by atoms with Crippen LogP contribution in [0.4, 0.5) is 0 Å². The van der Waals surface area contributed by atoms with Crippen LogP contribution in [-0.4, -0.2) is 54.7 Å². The summed E-state index contributed by atoms with van der Waals surface area (Å²) in [5.41, 5.74) is 0.669. The number of fused-ring (bicyclic) bond motifs is 1. The van der Waals surface area contributed by atoms with E-state index in [1.165, 1.54) is 22.5 Å². The molecule has 24 heavy (non-hydrogen) atoms. The van der Waals surface area contributed by atoms with Crippen molar-refractivity contribution in [1.82, 2.24) is 14.2 Å². The Hall–Kier alpha value is -2.13. The van der Waals surface area contributed by atoms with Gasteiger partial charge in [0.1, 0.15) is 0 Å². The number of oxazole rings is 1. The molecule has 1 aromatic carbocycles. The molecule has 9 heteroatoms. The number of sulfonamides is 1. The van der Waals surface area contributed by atoms with Gasteiger partial charge in [0.25, 0.3) is 0 Å². The number of amides is 1. The van der Waals surface area contributed by atoms with E-state index in [1.54, 1.807) is 4.90 Å². The summed E-state index contributed by atoms with van der Waals surface area (Å²) in [7, 11) is -3.68. The maximum absolute atomic E-state index is 12.8. The monoisotopic (exact) mass is 351 g/mol. The van der Waals surface area contributed by atoms with Crippen LogP contribution in [0.25, 0.3) is 11.1 Å². The Morgan fingerprint density at radius 1 is 1.17 bits per heavy atom. The van der Waals surface area contributed by atoms with E-state index in [4.69, 9.17) is 4.42 Å². The molecule has 2 heterocycles. The highest BCUT2D eigenvalue weighted by molar-refractivity contribution is 7.89. The fraction of sp³-hybridized carbons (Fsp3) is 0.467. The number of benzene rings is 1. The number of hydrogen-bond donors (Lipinski definition) is 1. The number of aromatic amines is 1. The molecule has 0 unspecified atom stereocenters. The summed E-state index contributed by atoms with van der Waals surface area (Å²) in [5.74, 6) is -0.332. The third-order valence-corrected chi connectivity index (χ3v) is 6.40. The largest absolute Gasteiger partial charge is 0.417 e. The number of rotatable bonds is 3.